The molecule has 0 saturated carbocycles. The van der Waals surface area contributed by atoms with Crippen molar-refractivity contribution in [2.75, 3.05) is 31.2 Å². The maximum atomic E-state index is 5.66. The van der Waals surface area contributed by atoms with E-state index in [2.05, 4.69) is 22.2 Å². The van der Waals surface area contributed by atoms with Crippen molar-refractivity contribution in [3.63, 3.8) is 0 Å². The lowest BCUT2D eigenvalue weighted by atomic mass is 10.2. The number of nitrogens with one attached hydrogen (secondary N) is 1. The predicted octanol–water partition coefficient (Wildman–Crippen LogP) is 1.17. The maximum Gasteiger partial charge on any atom is 0.0547 e. The summed E-state index contributed by atoms with van der Waals surface area (Å²) in [6, 6.07) is 2.56. The molecular weight excluding hydrogens is 188 g/mol. The van der Waals surface area contributed by atoms with E-state index in [1.807, 2.05) is 12.3 Å². The third-order valence-electron chi connectivity index (χ3n) is 2.97. The molecule has 3 N–H and O–H groups in total. The van der Waals surface area contributed by atoms with Gasteiger partial charge in [-0.2, -0.15) is 0 Å². The molecule has 0 bridgehead atoms. The fraction of sp³-hybridized carbons (Fsp3) is 0.545. The van der Waals surface area contributed by atoms with E-state index >= 15 is 0 Å². The van der Waals surface area contributed by atoms with Crippen molar-refractivity contribution in [2.45, 2.75) is 18.9 Å². The van der Waals surface area contributed by atoms with Crippen LogP contribution in [0.1, 0.15) is 12.8 Å². The molecule has 1 aromatic rings. The minimum absolute atomic E-state index is 0.645. The first-order valence-electron chi connectivity index (χ1n) is 5.40. The second-order valence-corrected chi connectivity index (χ2v) is 4.16. The normalized spacial score (nSPS) is 21.8. The van der Waals surface area contributed by atoms with E-state index in [9.17, 15) is 0 Å². The summed E-state index contributed by atoms with van der Waals surface area (Å²) in [4.78, 5) is 6.44. The van der Waals surface area contributed by atoms with Crippen molar-refractivity contribution in [3.05, 3.63) is 18.5 Å². The van der Waals surface area contributed by atoms with Gasteiger partial charge in [0.1, 0.15) is 0 Å². The van der Waals surface area contributed by atoms with Gasteiger partial charge in [0.2, 0.25) is 0 Å². The number of anilines is 2. The summed E-state index contributed by atoms with van der Waals surface area (Å²) in [6.45, 7) is 2.18. The Kier molecular flexibility index (Phi) is 3.06. The highest BCUT2D eigenvalue weighted by Gasteiger charge is 2.19. The molecule has 1 aliphatic rings. The van der Waals surface area contributed by atoms with Crippen molar-refractivity contribution >= 4 is 11.4 Å². The van der Waals surface area contributed by atoms with Gasteiger partial charge in [-0.3, -0.25) is 4.98 Å². The van der Waals surface area contributed by atoms with Gasteiger partial charge < -0.3 is 16.0 Å². The van der Waals surface area contributed by atoms with E-state index in [0.29, 0.717) is 11.7 Å². The average molecular weight is 206 g/mol. The first-order valence-corrected chi connectivity index (χ1v) is 5.40. The monoisotopic (exact) mass is 206 g/mol. The molecule has 15 heavy (non-hydrogen) atoms. The van der Waals surface area contributed by atoms with Gasteiger partial charge in [0.25, 0.3) is 0 Å². The van der Waals surface area contributed by atoms with Gasteiger partial charge in [0.05, 0.1) is 17.6 Å². The lowest BCUT2D eigenvalue weighted by Crippen LogP contribution is -2.31. The molecule has 0 spiro atoms. The smallest absolute Gasteiger partial charge is 0.0547 e. The third kappa shape index (κ3) is 2.59. The van der Waals surface area contributed by atoms with Gasteiger partial charge in [-0.15, -0.1) is 0 Å². The van der Waals surface area contributed by atoms with Gasteiger partial charge >= 0.3 is 0 Å². The van der Waals surface area contributed by atoms with Crippen LogP contribution in [0.15, 0.2) is 18.5 Å². The van der Waals surface area contributed by atoms with Crippen LogP contribution in [0, 0.1) is 0 Å². The molecular formula is C11H18N4. The second kappa shape index (κ2) is 4.49. The van der Waals surface area contributed by atoms with Crippen LogP contribution in [0.5, 0.6) is 0 Å². The zero-order valence-electron chi connectivity index (χ0n) is 9.11. The number of nitrogens with zero attached hydrogens (tertiary/aromatic N) is 2. The molecule has 82 valence electrons. The Morgan fingerprint density at radius 3 is 3.13 bits per heavy atom. The molecule has 0 amide bonds. The van der Waals surface area contributed by atoms with E-state index < -0.39 is 0 Å². The summed E-state index contributed by atoms with van der Waals surface area (Å²) in [5.41, 5.74) is 7.37. The van der Waals surface area contributed by atoms with Crippen LogP contribution >= 0.6 is 0 Å². The minimum Gasteiger partial charge on any atom is -0.397 e. The summed E-state index contributed by atoms with van der Waals surface area (Å²) in [5, 5.41) is 3.37. The summed E-state index contributed by atoms with van der Waals surface area (Å²) < 4.78 is 0. The molecule has 1 saturated heterocycles. The topological polar surface area (TPSA) is 54.2 Å². The Hall–Kier alpha value is -1.29. The fourth-order valence-corrected chi connectivity index (χ4v) is 2.03. The molecule has 4 nitrogen and oxygen atoms in total. The van der Waals surface area contributed by atoms with Crippen LogP contribution in [-0.4, -0.2) is 36.1 Å². The summed E-state index contributed by atoms with van der Waals surface area (Å²) in [5.74, 6) is 0. The fourth-order valence-electron chi connectivity index (χ4n) is 2.03. The van der Waals surface area contributed by atoms with Crippen LogP contribution in [0.3, 0.4) is 0 Å². The van der Waals surface area contributed by atoms with Gasteiger partial charge in [0.15, 0.2) is 0 Å². The summed E-state index contributed by atoms with van der Waals surface area (Å²) in [7, 11) is 2.18. The van der Waals surface area contributed by atoms with Crippen molar-refractivity contribution < 1.29 is 0 Å². The highest BCUT2D eigenvalue weighted by atomic mass is 15.2. The predicted molar refractivity (Wildman–Crippen MR) is 62.8 cm³/mol. The molecule has 2 heterocycles. The first kappa shape index (κ1) is 10.2. The standard InChI is InChI=1S/C11H18N4/c1-15-4-2-3-11(15)8-14-10-5-9(12)6-13-7-10/h5-7,11,14H,2-4,8,12H2,1H3. The number of aromatic nitrogens is 1. The molecule has 0 radical (unpaired) electrons. The highest BCUT2D eigenvalue weighted by Crippen LogP contribution is 2.16. The number of pyridine rings is 1. The van der Waals surface area contributed by atoms with Gasteiger partial charge in [-0.05, 0) is 32.5 Å². The Morgan fingerprint density at radius 2 is 2.47 bits per heavy atom. The van der Waals surface area contributed by atoms with Gasteiger partial charge in [-0.25, -0.2) is 0 Å². The first-order chi connectivity index (χ1) is 7.25. The molecule has 0 aromatic carbocycles. The van der Waals surface area contributed by atoms with Crippen LogP contribution in [0.4, 0.5) is 11.4 Å². The van der Waals surface area contributed by atoms with E-state index in [0.717, 1.165) is 12.2 Å². The van der Waals surface area contributed by atoms with Crippen molar-refractivity contribution in [1.82, 2.24) is 9.88 Å². The molecule has 1 fully saturated rings. The second-order valence-electron chi connectivity index (χ2n) is 4.16. The SMILES string of the molecule is CN1CCCC1CNc1cncc(N)c1. The molecule has 2 rings (SSSR count). The van der Waals surface area contributed by atoms with E-state index in [1.165, 1.54) is 19.4 Å². The van der Waals surface area contributed by atoms with Crippen molar-refractivity contribution in [1.29, 1.82) is 0 Å². The van der Waals surface area contributed by atoms with E-state index in [4.69, 9.17) is 5.73 Å². The van der Waals surface area contributed by atoms with Crippen LogP contribution in [0.2, 0.25) is 0 Å². The number of hydrogen-bond acceptors (Lipinski definition) is 4. The zero-order valence-corrected chi connectivity index (χ0v) is 9.11. The Balaban J connectivity index is 1.87. The number of likely N-dealkylation sites (N-methyl/N-ethyl adjacent to an activating group) is 1. The maximum absolute atomic E-state index is 5.66. The quantitative estimate of drug-likeness (QED) is 0.779. The average Bonchev–Trinajstić information content (AvgIpc) is 2.61. The third-order valence-corrected chi connectivity index (χ3v) is 2.97. The molecule has 1 aromatic heterocycles. The van der Waals surface area contributed by atoms with E-state index in [-0.39, 0.29) is 0 Å². The zero-order chi connectivity index (χ0) is 10.7. The largest absolute Gasteiger partial charge is 0.397 e. The number of rotatable bonds is 3. The van der Waals surface area contributed by atoms with Crippen molar-refractivity contribution in [2.24, 2.45) is 0 Å². The number of likely N-dealkylation sites (tertiary alicyclic amines) is 1. The Morgan fingerprint density at radius 1 is 1.60 bits per heavy atom. The Bertz CT molecular complexity index is 326. The Labute approximate surface area is 90.5 Å². The van der Waals surface area contributed by atoms with Gasteiger partial charge in [0, 0.05) is 18.8 Å². The molecule has 0 aliphatic carbocycles. The van der Waals surface area contributed by atoms with Crippen LogP contribution in [0.25, 0.3) is 0 Å². The number of nitrogen functional groups attached to an aromatic ring is 1. The highest BCUT2D eigenvalue weighted by molar-refractivity contribution is 5.51. The van der Waals surface area contributed by atoms with Crippen LogP contribution in [-0.2, 0) is 0 Å². The van der Waals surface area contributed by atoms with Crippen LogP contribution < -0.4 is 11.1 Å². The molecule has 1 unspecified atom stereocenters. The van der Waals surface area contributed by atoms with Crippen molar-refractivity contribution in [3.8, 4) is 0 Å². The summed E-state index contributed by atoms with van der Waals surface area (Å²) >= 11 is 0. The number of hydrogen-bond donors (Lipinski definition) is 2. The summed E-state index contributed by atoms with van der Waals surface area (Å²) in [6.07, 6.45) is 6.05. The lowest BCUT2D eigenvalue weighted by molar-refractivity contribution is 0.322. The molecule has 1 atom stereocenters. The molecule has 1 aliphatic heterocycles. The van der Waals surface area contributed by atoms with Gasteiger partial charge in [-0.1, -0.05) is 0 Å². The molecule has 4 heteroatoms. The number of nitrogens with two attached hydrogens (primary N) is 1. The van der Waals surface area contributed by atoms with E-state index in [1.54, 1.807) is 6.20 Å². The minimum atomic E-state index is 0.645. The lowest BCUT2D eigenvalue weighted by Gasteiger charge is -2.20.